The molecule has 1 rings (SSSR count). The number of hydrogen-bond donors (Lipinski definition) is 2. The van der Waals surface area contributed by atoms with Crippen LogP contribution in [0.25, 0.3) is 0 Å². The van der Waals surface area contributed by atoms with Gasteiger partial charge in [0.25, 0.3) is 5.91 Å². The van der Waals surface area contributed by atoms with Crippen LogP contribution < -0.4 is 11.1 Å². The lowest BCUT2D eigenvalue weighted by Gasteiger charge is -2.03. The molecule has 0 radical (unpaired) electrons. The van der Waals surface area contributed by atoms with E-state index in [1.807, 2.05) is 0 Å². The second-order valence-corrected chi connectivity index (χ2v) is 4.43. The van der Waals surface area contributed by atoms with Crippen molar-refractivity contribution in [2.45, 2.75) is 19.8 Å². The van der Waals surface area contributed by atoms with Gasteiger partial charge in [-0.15, -0.1) is 0 Å². The zero-order valence-corrected chi connectivity index (χ0v) is 10.6. The van der Waals surface area contributed by atoms with Crippen LogP contribution in [0.15, 0.2) is 0 Å². The number of hydrogen-bond acceptors (Lipinski definition) is 6. The number of anilines is 1. The van der Waals surface area contributed by atoms with E-state index in [2.05, 4.69) is 15.0 Å². The van der Waals surface area contributed by atoms with Gasteiger partial charge in [-0.2, -0.15) is 0 Å². The largest absolute Gasteiger partial charge is 0.469 e. The van der Waals surface area contributed by atoms with Gasteiger partial charge < -0.3 is 15.8 Å². The minimum Gasteiger partial charge on any atom is -0.469 e. The van der Waals surface area contributed by atoms with E-state index in [0.717, 1.165) is 11.3 Å². The second-order valence-electron chi connectivity index (χ2n) is 3.40. The summed E-state index contributed by atoms with van der Waals surface area (Å²) in [5, 5.41) is 3.08. The fourth-order valence-corrected chi connectivity index (χ4v) is 1.99. The summed E-state index contributed by atoms with van der Waals surface area (Å²) in [5.41, 5.74) is 6.12. The van der Waals surface area contributed by atoms with Gasteiger partial charge >= 0.3 is 5.97 Å². The van der Waals surface area contributed by atoms with Crippen LogP contribution in [0.3, 0.4) is 0 Å². The van der Waals surface area contributed by atoms with Crippen LogP contribution in [0.5, 0.6) is 0 Å². The lowest BCUT2D eigenvalue weighted by atomic mass is 10.3. The van der Waals surface area contributed by atoms with Crippen molar-refractivity contribution < 1.29 is 14.3 Å². The van der Waals surface area contributed by atoms with Crippen molar-refractivity contribution in [2.75, 3.05) is 19.4 Å². The van der Waals surface area contributed by atoms with E-state index in [0.29, 0.717) is 35.1 Å². The van der Waals surface area contributed by atoms with Crippen molar-refractivity contribution in [3.63, 3.8) is 0 Å². The van der Waals surface area contributed by atoms with Crippen LogP contribution in [0.2, 0.25) is 0 Å². The molecule has 1 aromatic rings. The average molecular weight is 257 g/mol. The number of nitrogens with two attached hydrogens (primary N) is 1. The van der Waals surface area contributed by atoms with Crippen molar-refractivity contribution in [1.29, 1.82) is 0 Å². The van der Waals surface area contributed by atoms with Gasteiger partial charge in [-0.05, 0) is 13.3 Å². The van der Waals surface area contributed by atoms with E-state index in [-0.39, 0.29) is 11.9 Å². The first-order valence-electron chi connectivity index (χ1n) is 5.12. The van der Waals surface area contributed by atoms with E-state index in [1.54, 1.807) is 6.92 Å². The summed E-state index contributed by atoms with van der Waals surface area (Å²) in [7, 11) is 1.34. The average Bonchev–Trinajstić information content (AvgIpc) is 2.63. The number of carbonyl (C=O) groups excluding carboxylic acids is 2. The molecule has 1 aromatic heterocycles. The van der Waals surface area contributed by atoms with Crippen molar-refractivity contribution in [3.05, 3.63) is 10.6 Å². The van der Waals surface area contributed by atoms with Crippen molar-refractivity contribution in [2.24, 2.45) is 0 Å². The first-order valence-corrected chi connectivity index (χ1v) is 5.94. The Morgan fingerprint density at radius 1 is 1.53 bits per heavy atom. The summed E-state index contributed by atoms with van der Waals surface area (Å²) < 4.78 is 4.49. The molecule has 0 unspecified atom stereocenters. The van der Waals surface area contributed by atoms with Crippen LogP contribution in [0.1, 0.15) is 28.2 Å². The molecule has 0 saturated heterocycles. The quantitative estimate of drug-likeness (QED) is 0.598. The summed E-state index contributed by atoms with van der Waals surface area (Å²) in [6, 6.07) is 0. The summed E-state index contributed by atoms with van der Waals surface area (Å²) >= 11 is 1.15. The Morgan fingerprint density at radius 3 is 2.76 bits per heavy atom. The number of aromatic nitrogens is 1. The molecule has 17 heavy (non-hydrogen) atoms. The van der Waals surface area contributed by atoms with E-state index < -0.39 is 0 Å². The standard InChI is InChI=1S/C10H15N3O3S/c1-6-8(17-10(11)13-6)9(15)12-5-3-4-7(14)16-2/h3-5H2,1-2H3,(H2,11,13)(H,12,15). The van der Waals surface area contributed by atoms with Crippen molar-refractivity contribution in [3.8, 4) is 0 Å². The van der Waals surface area contributed by atoms with Gasteiger partial charge in [0.2, 0.25) is 0 Å². The van der Waals surface area contributed by atoms with E-state index >= 15 is 0 Å². The molecule has 0 saturated carbocycles. The minimum absolute atomic E-state index is 0.207. The molecular formula is C10H15N3O3S. The molecule has 6 nitrogen and oxygen atoms in total. The highest BCUT2D eigenvalue weighted by molar-refractivity contribution is 7.17. The molecule has 0 fully saturated rings. The maximum Gasteiger partial charge on any atom is 0.305 e. The van der Waals surface area contributed by atoms with Gasteiger partial charge in [-0.25, -0.2) is 4.98 Å². The topological polar surface area (TPSA) is 94.3 Å². The Bertz CT molecular complexity index is 417. The summed E-state index contributed by atoms with van der Waals surface area (Å²) in [6.45, 7) is 2.15. The lowest BCUT2D eigenvalue weighted by Crippen LogP contribution is -2.24. The minimum atomic E-state index is -0.280. The molecule has 0 aliphatic rings. The van der Waals surface area contributed by atoms with Crippen LogP contribution in [0.4, 0.5) is 5.13 Å². The first kappa shape index (κ1) is 13.4. The van der Waals surface area contributed by atoms with Crippen LogP contribution >= 0.6 is 11.3 Å². The molecule has 94 valence electrons. The number of nitrogens with one attached hydrogen (secondary N) is 1. The highest BCUT2D eigenvalue weighted by Crippen LogP contribution is 2.19. The number of rotatable bonds is 5. The molecule has 0 aromatic carbocycles. The fraction of sp³-hybridized carbons (Fsp3) is 0.500. The predicted molar refractivity (Wildman–Crippen MR) is 64.8 cm³/mol. The number of nitrogens with zero attached hydrogens (tertiary/aromatic N) is 1. The van der Waals surface area contributed by atoms with E-state index in [1.165, 1.54) is 7.11 Å². The third-order valence-corrected chi connectivity index (χ3v) is 3.08. The molecule has 0 spiro atoms. The number of carbonyl (C=O) groups is 2. The monoisotopic (exact) mass is 257 g/mol. The third kappa shape index (κ3) is 4.03. The maximum atomic E-state index is 11.7. The van der Waals surface area contributed by atoms with Crippen LogP contribution in [-0.4, -0.2) is 30.5 Å². The van der Waals surface area contributed by atoms with Crippen LogP contribution in [-0.2, 0) is 9.53 Å². The molecule has 1 heterocycles. The van der Waals surface area contributed by atoms with Gasteiger partial charge in [0, 0.05) is 13.0 Å². The molecule has 3 N–H and O–H groups in total. The Balaban J connectivity index is 2.35. The van der Waals surface area contributed by atoms with Gasteiger partial charge in [0.15, 0.2) is 5.13 Å². The summed E-state index contributed by atoms with van der Waals surface area (Å²) in [5.74, 6) is -0.487. The normalized spacial score (nSPS) is 10.0. The van der Waals surface area contributed by atoms with Gasteiger partial charge in [-0.3, -0.25) is 9.59 Å². The SMILES string of the molecule is COC(=O)CCCNC(=O)c1sc(N)nc1C. The summed E-state index contributed by atoms with van der Waals surface area (Å²) in [6.07, 6.45) is 0.840. The fourth-order valence-electron chi connectivity index (χ4n) is 1.24. The zero-order chi connectivity index (χ0) is 12.8. The number of nitrogen functional groups attached to an aromatic ring is 1. The molecule has 0 bridgehead atoms. The second kappa shape index (κ2) is 6.19. The van der Waals surface area contributed by atoms with Crippen molar-refractivity contribution >= 4 is 28.3 Å². The van der Waals surface area contributed by atoms with Gasteiger partial charge in [-0.1, -0.05) is 11.3 Å². The number of thiazole rings is 1. The molecular weight excluding hydrogens is 242 g/mol. The number of ether oxygens (including phenoxy) is 1. The van der Waals surface area contributed by atoms with Gasteiger partial charge in [0.05, 0.1) is 12.8 Å². The Kier molecular flexibility index (Phi) is 4.89. The predicted octanol–water partition coefficient (Wildman–Crippen LogP) is 0.717. The molecule has 7 heteroatoms. The Labute approximate surface area is 103 Å². The van der Waals surface area contributed by atoms with E-state index in [4.69, 9.17) is 5.73 Å². The molecule has 0 atom stereocenters. The molecule has 0 aliphatic heterocycles. The lowest BCUT2D eigenvalue weighted by molar-refractivity contribution is -0.140. The Hall–Kier alpha value is -1.63. The zero-order valence-electron chi connectivity index (χ0n) is 9.78. The third-order valence-electron chi connectivity index (χ3n) is 2.09. The first-order chi connectivity index (χ1) is 8.04. The van der Waals surface area contributed by atoms with Crippen LogP contribution in [0, 0.1) is 6.92 Å². The summed E-state index contributed by atoms with van der Waals surface area (Å²) in [4.78, 5) is 27.0. The highest BCUT2D eigenvalue weighted by Gasteiger charge is 2.13. The number of amides is 1. The number of methoxy groups -OCH3 is 1. The maximum absolute atomic E-state index is 11.7. The highest BCUT2D eigenvalue weighted by atomic mass is 32.1. The van der Waals surface area contributed by atoms with Crippen molar-refractivity contribution in [1.82, 2.24) is 10.3 Å². The molecule has 1 amide bonds. The van der Waals surface area contributed by atoms with Gasteiger partial charge in [0.1, 0.15) is 4.88 Å². The smallest absolute Gasteiger partial charge is 0.305 e. The number of esters is 1. The molecule has 0 aliphatic carbocycles. The Morgan fingerprint density at radius 2 is 2.24 bits per heavy atom. The van der Waals surface area contributed by atoms with E-state index in [9.17, 15) is 9.59 Å². The number of aryl methyl sites for hydroxylation is 1.